The summed E-state index contributed by atoms with van der Waals surface area (Å²) in [5.41, 5.74) is -0.0498. The van der Waals surface area contributed by atoms with Crippen molar-refractivity contribution in [3.8, 4) is 0 Å². The van der Waals surface area contributed by atoms with Gasteiger partial charge in [0.1, 0.15) is 0 Å². The molecule has 0 aromatic rings. The first-order valence-electron chi connectivity index (χ1n) is 7.55. The van der Waals surface area contributed by atoms with Gasteiger partial charge in [0.15, 0.2) is 5.11 Å². The molecule has 0 aromatic carbocycles. The third-order valence-corrected chi connectivity index (χ3v) is 4.36. The maximum atomic E-state index is 10.9. The molecule has 1 saturated carbocycles. The van der Waals surface area contributed by atoms with Gasteiger partial charge in [-0.1, -0.05) is 40.0 Å². The molecule has 1 rings (SSSR count). The minimum Gasteiger partial charge on any atom is -0.481 e. The Hall–Kier alpha value is -0.840. The van der Waals surface area contributed by atoms with Crippen LogP contribution < -0.4 is 10.6 Å². The van der Waals surface area contributed by atoms with Crippen molar-refractivity contribution in [2.45, 2.75) is 65.3 Å². The second-order valence-electron chi connectivity index (χ2n) is 6.85. The van der Waals surface area contributed by atoms with E-state index in [2.05, 4.69) is 31.4 Å². The van der Waals surface area contributed by atoms with Crippen molar-refractivity contribution >= 4 is 23.3 Å². The van der Waals surface area contributed by atoms with E-state index in [0.29, 0.717) is 17.7 Å². The average molecular weight is 300 g/mol. The Morgan fingerprint density at radius 1 is 1.30 bits per heavy atom. The fourth-order valence-corrected chi connectivity index (χ4v) is 2.84. The maximum absolute atomic E-state index is 10.9. The Labute approximate surface area is 127 Å². The zero-order valence-corrected chi connectivity index (χ0v) is 13.7. The van der Waals surface area contributed by atoms with E-state index in [9.17, 15) is 4.79 Å². The predicted octanol–water partition coefficient (Wildman–Crippen LogP) is 2.92. The first kappa shape index (κ1) is 17.2. The lowest BCUT2D eigenvalue weighted by atomic mass is 9.79. The van der Waals surface area contributed by atoms with Gasteiger partial charge in [-0.3, -0.25) is 4.79 Å². The predicted molar refractivity (Wildman–Crippen MR) is 85.8 cm³/mol. The molecule has 0 spiro atoms. The van der Waals surface area contributed by atoms with E-state index in [0.717, 1.165) is 0 Å². The topological polar surface area (TPSA) is 61.4 Å². The van der Waals surface area contributed by atoms with Gasteiger partial charge in [0.2, 0.25) is 0 Å². The van der Waals surface area contributed by atoms with Crippen LogP contribution in [-0.4, -0.2) is 28.8 Å². The van der Waals surface area contributed by atoms with Gasteiger partial charge in [-0.2, -0.15) is 0 Å². The van der Waals surface area contributed by atoms with Crippen LogP contribution in [0.4, 0.5) is 0 Å². The van der Waals surface area contributed by atoms with Crippen molar-refractivity contribution in [1.82, 2.24) is 10.6 Å². The highest BCUT2D eigenvalue weighted by molar-refractivity contribution is 7.80. The summed E-state index contributed by atoms with van der Waals surface area (Å²) in [4.78, 5) is 10.9. The molecule has 0 aromatic heterocycles. The monoisotopic (exact) mass is 300 g/mol. The van der Waals surface area contributed by atoms with Crippen molar-refractivity contribution in [2.24, 2.45) is 11.3 Å². The van der Waals surface area contributed by atoms with Crippen molar-refractivity contribution in [3.05, 3.63) is 0 Å². The number of hydrogen-bond donors (Lipinski definition) is 3. The van der Waals surface area contributed by atoms with Gasteiger partial charge < -0.3 is 15.7 Å². The molecule has 5 heteroatoms. The normalized spacial score (nSPS) is 18.4. The molecular weight excluding hydrogens is 272 g/mol. The molecule has 1 aliphatic rings. The molecule has 0 amide bonds. The molecule has 0 saturated heterocycles. The number of carboxylic acid groups (broad SMARTS) is 1. The first-order chi connectivity index (χ1) is 9.29. The highest BCUT2D eigenvalue weighted by Crippen LogP contribution is 2.28. The molecule has 0 heterocycles. The zero-order chi connectivity index (χ0) is 15.2. The largest absolute Gasteiger partial charge is 0.481 e. The lowest BCUT2D eigenvalue weighted by molar-refractivity contribution is -0.139. The molecule has 1 fully saturated rings. The minimum atomic E-state index is -0.752. The van der Waals surface area contributed by atoms with Crippen LogP contribution in [-0.2, 0) is 4.79 Å². The van der Waals surface area contributed by atoms with Crippen LogP contribution >= 0.6 is 12.2 Å². The summed E-state index contributed by atoms with van der Waals surface area (Å²) in [5, 5.41) is 16.2. The molecule has 3 N–H and O–H groups in total. The zero-order valence-electron chi connectivity index (χ0n) is 12.9. The van der Waals surface area contributed by atoms with Crippen molar-refractivity contribution in [2.75, 3.05) is 6.54 Å². The summed E-state index contributed by atoms with van der Waals surface area (Å²) in [6.45, 7) is 6.81. The highest BCUT2D eigenvalue weighted by Gasteiger charge is 2.27. The minimum absolute atomic E-state index is 0.0498. The molecule has 0 bridgehead atoms. The van der Waals surface area contributed by atoms with Crippen LogP contribution in [0.3, 0.4) is 0 Å². The van der Waals surface area contributed by atoms with E-state index >= 15 is 0 Å². The Morgan fingerprint density at radius 2 is 1.90 bits per heavy atom. The summed E-state index contributed by atoms with van der Waals surface area (Å²) < 4.78 is 0. The molecule has 4 nitrogen and oxygen atoms in total. The number of hydrogen-bond acceptors (Lipinski definition) is 2. The summed E-state index contributed by atoms with van der Waals surface area (Å²) in [6.07, 6.45) is 6.39. The molecule has 1 atom stereocenters. The maximum Gasteiger partial charge on any atom is 0.303 e. The van der Waals surface area contributed by atoms with Crippen LogP contribution in [0.1, 0.15) is 59.3 Å². The molecule has 116 valence electrons. The van der Waals surface area contributed by atoms with Gasteiger partial charge in [0.25, 0.3) is 0 Å². The van der Waals surface area contributed by atoms with E-state index < -0.39 is 5.97 Å². The SMILES string of the molecule is CC(C)(C)C(CNC(=S)NC1CCCCC1)CC(=O)O. The fourth-order valence-electron chi connectivity index (χ4n) is 2.59. The van der Waals surface area contributed by atoms with Gasteiger partial charge in [-0.25, -0.2) is 0 Å². The van der Waals surface area contributed by atoms with E-state index in [1.54, 1.807) is 0 Å². The van der Waals surface area contributed by atoms with Crippen LogP contribution in [0.25, 0.3) is 0 Å². The molecule has 20 heavy (non-hydrogen) atoms. The van der Waals surface area contributed by atoms with Crippen LogP contribution in [0.2, 0.25) is 0 Å². The Kier molecular flexibility index (Phi) is 6.72. The van der Waals surface area contributed by atoms with Crippen molar-refractivity contribution in [3.63, 3.8) is 0 Å². The van der Waals surface area contributed by atoms with Gasteiger partial charge in [-0.05, 0) is 36.4 Å². The van der Waals surface area contributed by atoms with E-state index in [1.165, 1.54) is 32.1 Å². The third kappa shape index (κ3) is 6.55. The quantitative estimate of drug-likeness (QED) is 0.682. The van der Waals surface area contributed by atoms with Crippen LogP contribution in [0.5, 0.6) is 0 Å². The van der Waals surface area contributed by atoms with Gasteiger partial charge in [0, 0.05) is 12.6 Å². The Balaban J connectivity index is 2.37. The molecule has 0 aliphatic heterocycles. The molecule has 0 radical (unpaired) electrons. The molecule has 1 aliphatic carbocycles. The summed E-state index contributed by atoms with van der Waals surface area (Å²) in [7, 11) is 0. The van der Waals surface area contributed by atoms with Gasteiger partial charge in [0.05, 0.1) is 6.42 Å². The first-order valence-corrected chi connectivity index (χ1v) is 7.96. The second-order valence-corrected chi connectivity index (χ2v) is 7.26. The Bertz CT molecular complexity index is 333. The number of thiocarbonyl (C=S) groups is 1. The van der Waals surface area contributed by atoms with E-state index in [4.69, 9.17) is 17.3 Å². The van der Waals surface area contributed by atoms with Gasteiger partial charge >= 0.3 is 5.97 Å². The lowest BCUT2D eigenvalue weighted by Crippen LogP contribution is -2.45. The van der Waals surface area contributed by atoms with Gasteiger partial charge in [-0.15, -0.1) is 0 Å². The second kappa shape index (κ2) is 7.81. The fraction of sp³-hybridized carbons (Fsp3) is 0.867. The standard InChI is InChI=1S/C15H28N2O2S/c1-15(2,3)11(9-13(18)19)10-16-14(20)17-12-7-5-4-6-8-12/h11-12H,4-10H2,1-3H3,(H,18,19)(H2,16,17,20). The molecule has 1 unspecified atom stereocenters. The number of carboxylic acids is 1. The van der Waals surface area contributed by atoms with E-state index in [1.807, 2.05) is 0 Å². The highest BCUT2D eigenvalue weighted by atomic mass is 32.1. The lowest BCUT2D eigenvalue weighted by Gasteiger charge is -2.31. The summed E-state index contributed by atoms with van der Waals surface area (Å²) >= 11 is 5.32. The number of aliphatic carboxylic acids is 1. The smallest absolute Gasteiger partial charge is 0.303 e. The average Bonchev–Trinajstić information content (AvgIpc) is 2.34. The van der Waals surface area contributed by atoms with Crippen molar-refractivity contribution < 1.29 is 9.90 Å². The third-order valence-electron chi connectivity index (χ3n) is 4.10. The van der Waals surface area contributed by atoms with Crippen LogP contribution in [0, 0.1) is 11.3 Å². The summed E-state index contributed by atoms with van der Waals surface area (Å²) in [6, 6.07) is 0.483. The van der Waals surface area contributed by atoms with Crippen molar-refractivity contribution in [1.29, 1.82) is 0 Å². The van der Waals surface area contributed by atoms with Crippen LogP contribution in [0.15, 0.2) is 0 Å². The molecular formula is C15H28N2O2S. The number of rotatable bonds is 5. The summed E-state index contributed by atoms with van der Waals surface area (Å²) in [5.74, 6) is -0.691. The van der Waals surface area contributed by atoms with E-state index in [-0.39, 0.29) is 17.8 Å². The number of carbonyl (C=O) groups is 1. The Morgan fingerprint density at radius 3 is 2.40 bits per heavy atom. The number of nitrogens with one attached hydrogen (secondary N) is 2.